The largest absolute Gasteiger partial charge is 0.484 e. The summed E-state index contributed by atoms with van der Waals surface area (Å²) in [6, 6.07) is 8.30. The van der Waals surface area contributed by atoms with Crippen molar-refractivity contribution in [2.24, 2.45) is 0 Å². The number of furan rings is 1. The Labute approximate surface area is 235 Å². The molecule has 4 N–H and O–H groups in total. The topological polar surface area (TPSA) is 155 Å². The summed E-state index contributed by atoms with van der Waals surface area (Å²) < 4.78 is 27.2. The molecule has 2 fully saturated rings. The molecule has 14 nitrogen and oxygen atoms in total. The van der Waals surface area contributed by atoms with Crippen LogP contribution in [-0.2, 0) is 4.79 Å². The second kappa shape index (κ2) is 11.9. The number of nitrogens with two attached hydrogens (primary N) is 1. The van der Waals surface area contributed by atoms with E-state index in [0.717, 1.165) is 32.7 Å². The van der Waals surface area contributed by atoms with E-state index in [0.29, 0.717) is 67.5 Å². The van der Waals surface area contributed by atoms with Gasteiger partial charge in [-0.25, -0.2) is 4.39 Å². The Morgan fingerprint density at radius 1 is 1.10 bits per heavy atom. The Morgan fingerprint density at radius 2 is 1.93 bits per heavy atom. The van der Waals surface area contributed by atoms with E-state index in [4.69, 9.17) is 14.9 Å². The number of nitrogen functional groups attached to an aromatic ring is 1. The molecule has 4 aromatic rings. The quantitative estimate of drug-likeness (QED) is 0.259. The van der Waals surface area contributed by atoms with Crippen LogP contribution in [0, 0.1) is 5.82 Å². The van der Waals surface area contributed by atoms with Crippen LogP contribution in [0.4, 0.5) is 22.0 Å². The average Bonchev–Trinajstić information content (AvgIpc) is 3.68. The molecule has 5 heterocycles. The van der Waals surface area contributed by atoms with Gasteiger partial charge in [0, 0.05) is 71.5 Å². The average molecular weight is 566 g/mol. The predicted molar refractivity (Wildman–Crippen MR) is 149 cm³/mol. The lowest BCUT2D eigenvalue weighted by molar-refractivity contribution is -0.133. The van der Waals surface area contributed by atoms with Crippen molar-refractivity contribution in [3.05, 3.63) is 42.4 Å². The van der Waals surface area contributed by atoms with Crippen LogP contribution >= 0.6 is 0 Å². The first-order chi connectivity index (χ1) is 20.0. The van der Waals surface area contributed by atoms with Gasteiger partial charge in [-0.15, -0.1) is 5.10 Å². The lowest BCUT2D eigenvalue weighted by atomic mass is 10.2. The first kappa shape index (κ1) is 26.7. The molecule has 0 radical (unpaired) electrons. The fourth-order valence-electron chi connectivity index (χ4n) is 4.92. The van der Waals surface area contributed by atoms with Crippen LogP contribution in [-0.4, -0.2) is 112 Å². The van der Waals surface area contributed by atoms with Crippen molar-refractivity contribution in [3.8, 4) is 17.3 Å². The molecule has 0 spiro atoms. The molecule has 41 heavy (non-hydrogen) atoms. The summed E-state index contributed by atoms with van der Waals surface area (Å²) in [5.41, 5.74) is 6.59. The van der Waals surface area contributed by atoms with Gasteiger partial charge in [0.2, 0.25) is 17.7 Å². The molecule has 0 aliphatic carbocycles. The summed E-state index contributed by atoms with van der Waals surface area (Å²) in [5.74, 6) is 1.66. The van der Waals surface area contributed by atoms with Crippen LogP contribution in [0.3, 0.4) is 0 Å². The number of hydrogen-bond acceptors (Lipinski definition) is 12. The minimum Gasteiger partial charge on any atom is -0.484 e. The number of piperazine rings is 2. The zero-order chi connectivity index (χ0) is 28.2. The van der Waals surface area contributed by atoms with Gasteiger partial charge in [-0.1, -0.05) is 0 Å². The fraction of sp³-hybridized carbons (Fsp3) is 0.423. The monoisotopic (exact) mass is 565 g/mol. The summed E-state index contributed by atoms with van der Waals surface area (Å²) >= 11 is 0. The summed E-state index contributed by atoms with van der Waals surface area (Å²) in [5, 5.41) is 10.7. The van der Waals surface area contributed by atoms with Gasteiger partial charge < -0.3 is 35.3 Å². The number of hydrogen-bond donors (Lipinski definition) is 3. The number of carbonyl (C=O) groups is 1. The lowest BCUT2D eigenvalue weighted by Crippen LogP contribution is -2.48. The molecule has 1 aromatic carbocycles. The minimum atomic E-state index is -0.360. The van der Waals surface area contributed by atoms with Crippen LogP contribution in [0.15, 0.2) is 41.0 Å². The van der Waals surface area contributed by atoms with Crippen LogP contribution in [0.5, 0.6) is 5.75 Å². The van der Waals surface area contributed by atoms with E-state index in [1.165, 1.54) is 10.6 Å². The van der Waals surface area contributed by atoms with Crippen molar-refractivity contribution < 1.29 is 18.3 Å². The number of halogens is 1. The molecular formula is C26H32FN11O3. The number of benzene rings is 1. The highest BCUT2D eigenvalue weighted by Crippen LogP contribution is 2.25. The van der Waals surface area contributed by atoms with Gasteiger partial charge in [-0.3, -0.25) is 9.69 Å². The summed E-state index contributed by atoms with van der Waals surface area (Å²) in [6.45, 7) is 7.04. The highest BCUT2D eigenvalue weighted by molar-refractivity contribution is 5.78. The first-order valence-electron chi connectivity index (χ1n) is 13.6. The summed E-state index contributed by atoms with van der Waals surface area (Å²) in [7, 11) is 0. The lowest BCUT2D eigenvalue weighted by Gasteiger charge is -2.36. The number of carbonyl (C=O) groups excluding carboxylic acids is 1. The van der Waals surface area contributed by atoms with Crippen molar-refractivity contribution >= 4 is 29.3 Å². The van der Waals surface area contributed by atoms with Crippen molar-refractivity contribution in [2.45, 2.75) is 0 Å². The van der Waals surface area contributed by atoms with Gasteiger partial charge in [0.15, 0.2) is 12.4 Å². The molecule has 0 bridgehead atoms. The third-order valence-electron chi connectivity index (χ3n) is 7.15. The van der Waals surface area contributed by atoms with Gasteiger partial charge in [0.25, 0.3) is 11.7 Å². The van der Waals surface area contributed by atoms with E-state index in [-0.39, 0.29) is 24.3 Å². The van der Waals surface area contributed by atoms with Crippen molar-refractivity contribution in [1.29, 1.82) is 0 Å². The van der Waals surface area contributed by atoms with E-state index in [1.807, 2.05) is 4.90 Å². The molecule has 6 rings (SSSR count). The van der Waals surface area contributed by atoms with Crippen molar-refractivity contribution in [2.75, 3.05) is 88.0 Å². The highest BCUT2D eigenvalue weighted by Gasteiger charge is 2.21. The van der Waals surface area contributed by atoms with Gasteiger partial charge >= 0.3 is 0 Å². The third-order valence-corrected chi connectivity index (χ3v) is 7.15. The zero-order valence-corrected chi connectivity index (χ0v) is 22.5. The molecule has 216 valence electrons. The van der Waals surface area contributed by atoms with Crippen molar-refractivity contribution in [3.63, 3.8) is 0 Å². The van der Waals surface area contributed by atoms with Crippen LogP contribution in [0.1, 0.15) is 0 Å². The van der Waals surface area contributed by atoms with Crippen molar-refractivity contribution in [1.82, 2.24) is 39.7 Å². The van der Waals surface area contributed by atoms with Crippen LogP contribution < -0.4 is 26.0 Å². The first-order valence-corrected chi connectivity index (χ1v) is 13.6. The molecule has 2 saturated heterocycles. The summed E-state index contributed by atoms with van der Waals surface area (Å²) in [6.07, 6.45) is 1.55. The second-order valence-corrected chi connectivity index (χ2v) is 9.82. The van der Waals surface area contributed by atoms with Gasteiger partial charge in [-0.2, -0.15) is 19.5 Å². The molecule has 2 aliphatic rings. The molecule has 15 heteroatoms. The molecule has 0 saturated carbocycles. The SMILES string of the molecule is Nc1nc(NCCN2CCN(c3ccc(OCC(=O)N4CCNCC4)cc3F)CC2)nc2nc(-c3ccco3)nn12. The normalized spacial score (nSPS) is 16.3. The maximum Gasteiger partial charge on any atom is 0.260 e. The van der Waals surface area contributed by atoms with Crippen LogP contribution in [0.2, 0.25) is 0 Å². The molecule has 1 amide bonds. The number of aromatic nitrogens is 5. The summed E-state index contributed by atoms with van der Waals surface area (Å²) in [4.78, 5) is 31.4. The zero-order valence-electron chi connectivity index (χ0n) is 22.5. The van der Waals surface area contributed by atoms with Gasteiger partial charge in [0.1, 0.15) is 11.6 Å². The standard InChI is InChI=1S/C26H32FN11O3/c27-19-16-18(41-17-22(39)37-9-5-29-6-10-37)3-4-20(19)36-13-11-35(12-14-36)8-7-30-25-32-24(28)38-26(33-25)31-23(34-38)21-2-1-15-40-21/h1-4,15-16,29H,5-14,17H2,(H3,28,30,31,32,33,34). The third kappa shape index (κ3) is 6.15. The number of anilines is 3. The highest BCUT2D eigenvalue weighted by atomic mass is 19.1. The number of fused-ring (bicyclic) bond motifs is 1. The van der Waals surface area contributed by atoms with E-state index in [1.54, 1.807) is 35.4 Å². The Morgan fingerprint density at radius 3 is 2.68 bits per heavy atom. The Kier molecular flexibility index (Phi) is 7.78. The molecule has 0 atom stereocenters. The Bertz CT molecular complexity index is 1480. The number of ether oxygens (including phenoxy) is 1. The van der Waals surface area contributed by atoms with E-state index >= 15 is 0 Å². The van der Waals surface area contributed by atoms with E-state index < -0.39 is 0 Å². The second-order valence-electron chi connectivity index (χ2n) is 9.82. The molecule has 0 unspecified atom stereocenters. The van der Waals surface area contributed by atoms with E-state index in [9.17, 15) is 9.18 Å². The van der Waals surface area contributed by atoms with Gasteiger partial charge in [0.05, 0.1) is 12.0 Å². The molecule has 2 aliphatic heterocycles. The predicted octanol–water partition coefficient (Wildman–Crippen LogP) is 0.545. The maximum absolute atomic E-state index is 14.9. The minimum absolute atomic E-state index is 0.0880. The fourth-order valence-corrected chi connectivity index (χ4v) is 4.92. The molecular weight excluding hydrogens is 533 g/mol. The smallest absolute Gasteiger partial charge is 0.260 e. The maximum atomic E-state index is 14.9. The number of nitrogens with zero attached hydrogens (tertiary/aromatic N) is 8. The Hall–Kier alpha value is -4.50. The number of nitrogens with one attached hydrogen (secondary N) is 2. The number of rotatable bonds is 9. The van der Waals surface area contributed by atoms with E-state index in [2.05, 4.69) is 35.6 Å². The Balaban J connectivity index is 0.964. The van der Waals surface area contributed by atoms with Crippen LogP contribution in [0.25, 0.3) is 17.4 Å². The van der Waals surface area contributed by atoms with Gasteiger partial charge in [-0.05, 0) is 24.3 Å². The number of amides is 1. The molecule has 3 aromatic heterocycles.